The highest BCUT2D eigenvalue weighted by atomic mass is 32.2. The predicted octanol–water partition coefficient (Wildman–Crippen LogP) is 4.24. The van der Waals surface area contributed by atoms with Crippen LogP contribution in [0.25, 0.3) is 0 Å². The molecule has 0 spiro atoms. The Kier molecular flexibility index (Phi) is 10.1. The van der Waals surface area contributed by atoms with Crippen molar-refractivity contribution in [2.24, 2.45) is 5.84 Å². The highest BCUT2D eigenvalue weighted by Crippen LogP contribution is 2.30. The fraction of sp³-hybridized carbons (Fsp3) is 1.00. The second-order valence-corrected chi connectivity index (χ2v) is 6.94. The molecule has 2 nitrogen and oxygen atoms in total. The van der Waals surface area contributed by atoms with E-state index in [1.807, 2.05) is 0 Å². The van der Waals surface area contributed by atoms with Gasteiger partial charge >= 0.3 is 0 Å². The Morgan fingerprint density at radius 2 is 1.78 bits per heavy atom. The van der Waals surface area contributed by atoms with E-state index in [2.05, 4.69) is 24.1 Å². The first-order valence-electron chi connectivity index (χ1n) is 7.96. The van der Waals surface area contributed by atoms with Gasteiger partial charge in [0.25, 0.3) is 0 Å². The zero-order valence-electron chi connectivity index (χ0n) is 12.1. The molecule has 18 heavy (non-hydrogen) atoms. The lowest BCUT2D eigenvalue weighted by molar-refractivity contribution is 0.442. The van der Waals surface area contributed by atoms with Gasteiger partial charge in [-0.1, -0.05) is 58.3 Å². The van der Waals surface area contributed by atoms with Gasteiger partial charge in [-0.25, -0.2) is 0 Å². The first-order valence-corrected chi connectivity index (χ1v) is 9.01. The van der Waals surface area contributed by atoms with Crippen molar-refractivity contribution in [1.82, 2.24) is 5.43 Å². The third kappa shape index (κ3) is 7.01. The van der Waals surface area contributed by atoms with Crippen molar-refractivity contribution >= 4 is 11.8 Å². The van der Waals surface area contributed by atoms with E-state index < -0.39 is 0 Å². The molecule has 1 fully saturated rings. The van der Waals surface area contributed by atoms with Crippen molar-refractivity contribution in [3.05, 3.63) is 0 Å². The van der Waals surface area contributed by atoms with E-state index in [9.17, 15) is 0 Å². The summed E-state index contributed by atoms with van der Waals surface area (Å²) in [6.07, 6.45) is 15.2. The Morgan fingerprint density at radius 1 is 1.11 bits per heavy atom. The Labute approximate surface area is 118 Å². The van der Waals surface area contributed by atoms with Gasteiger partial charge < -0.3 is 0 Å². The minimum Gasteiger partial charge on any atom is -0.271 e. The smallest absolute Gasteiger partial charge is 0.0329 e. The fourth-order valence-electron chi connectivity index (χ4n) is 2.79. The van der Waals surface area contributed by atoms with Crippen LogP contribution in [-0.2, 0) is 0 Å². The number of hydrazine groups is 1. The molecular weight excluding hydrogens is 240 g/mol. The third-order valence-corrected chi connectivity index (χ3v) is 5.51. The van der Waals surface area contributed by atoms with Crippen LogP contribution in [0.4, 0.5) is 0 Å². The molecule has 0 radical (unpaired) electrons. The molecule has 108 valence electrons. The molecule has 1 heterocycles. The Bertz CT molecular complexity index is 181. The average molecular weight is 273 g/mol. The van der Waals surface area contributed by atoms with Crippen molar-refractivity contribution in [1.29, 1.82) is 0 Å². The number of rotatable bonds is 11. The van der Waals surface area contributed by atoms with Crippen LogP contribution in [0.5, 0.6) is 0 Å². The van der Waals surface area contributed by atoms with Crippen LogP contribution in [0.2, 0.25) is 0 Å². The van der Waals surface area contributed by atoms with E-state index in [4.69, 9.17) is 5.84 Å². The molecule has 0 amide bonds. The van der Waals surface area contributed by atoms with Gasteiger partial charge in [-0.05, 0) is 25.0 Å². The number of nitrogens with one attached hydrogen (secondary N) is 1. The van der Waals surface area contributed by atoms with Crippen LogP contribution in [0.3, 0.4) is 0 Å². The quantitative estimate of drug-likeness (QED) is 0.335. The summed E-state index contributed by atoms with van der Waals surface area (Å²) in [5.74, 6) is 7.02. The summed E-state index contributed by atoms with van der Waals surface area (Å²) in [5, 5.41) is 0.777. The van der Waals surface area contributed by atoms with Gasteiger partial charge in [0.1, 0.15) is 0 Å². The molecule has 1 aliphatic rings. The summed E-state index contributed by atoms with van der Waals surface area (Å²) in [6, 6.07) is 0.553. The SMILES string of the molecule is CCCCCCCCCCC(NN)C1CCCS1. The monoisotopic (exact) mass is 272 g/mol. The van der Waals surface area contributed by atoms with Crippen LogP contribution in [0.15, 0.2) is 0 Å². The zero-order chi connectivity index (χ0) is 13.1. The van der Waals surface area contributed by atoms with Crippen LogP contribution < -0.4 is 11.3 Å². The Morgan fingerprint density at radius 3 is 2.33 bits per heavy atom. The summed E-state index contributed by atoms with van der Waals surface area (Å²) in [7, 11) is 0. The van der Waals surface area contributed by atoms with E-state index in [0.29, 0.717) is 6.04 Å². The van der Waals surface area contributed by atoms with Crippen molar-refractivity contribution in [3.8, 4) is 0 Å². The van der Waals surface area contributed by atoms with Crippen molar-refractivity contribution in [3.63, 3.8) is 0 Å². The molecule has 0 saturated carbocycles. The molecule has 3 heteroatoms. The summed E-state index contributed by atoms with van der Waals surface area (Å²) >= 11 is 2.11. The molecule has 0 aromatic heterocycles. The second kappa shape index (κ2) is 11.1. The van der Waals surface area contributed by atoms with Gasteiger partial charge in [0.15, 0.2) is 0 Å². The lowest BCUT2D eigenvalue weighted by Gasteiger charge is -2.21. The molecule has 3 N–H and O–H groups in total. The second-order valence-electron chi connectivity index (χ2n) is 5.59. The highest BCUT2D eigenvalue weighted by molar-refractivity contribution is 8.00. The molecule has 1 aliphatic heterocycles. The summed E-state index contributed by atoms with van der Waals surface area (Å²) in [4.78, 5) is 0. The minimum atomic E-state index is 0.553. The molecule has 0 aliphatic carbocycles. The zero-order valence-corrected chi connectivity index (χ0v) is 12.9. The summed E-state index contributed by atoms with van der Waals surface area (Å²) < 4.78 is 0. The number of hydrogen-bond donors (Lipinski definition) is 2. The standard InChI is InChI=1S/C15H32N2S/c1-2-3-4-5-6-7-8-9-11-14(17-16)15-12-10-13-18-15/h14-15,17H,2-13,16H2,1H3. The summed E-state index contributed by atoms with van der Waals surface area (Å²) in [6.45, 7) is 2.28. The molecule has 1 rings (SSSR count). The first-order chi connectivity index (χ1) is 8.88. The van der Waals surface area contributed by atoms with Gasteiger partial charge in [0.2, 0.25) is 0 Å². The van der Waals surface area contributed by atoms with Gasteiger partial charge in [-0.3, -0.25) is 11.3 Å². The van der Waals surface area contributed by atoms with E-state index >= 15 is 0 Å². The van der Waals surface area contributed by atoms with Crippen molar-refractivity contribution < 1.29 is 0 Å². The van der Waals surface area contributed by atoms with Crippen LogP contribution >= 0.6 is 11.8 Å². The molecule has 0 aromatic rings. The lowest BCUT2D eigenvalue weighted by Crippen LogP contribution is -2.41. The van der Waals surface area contributed by atoms with Gasteiger partial charge in [-0.2, -0.15) is 11.8 Å². The largest absolute Gasteiger partial charge is 0.271 e. The number of unbranched alkanes of at least 4 members (excludes halogenated alkanes) is 7. The normalized spacial score (nSPS) is 21.3. The number of nitrogens with two attached hydrogens (primary N) is 1. The predicted molar refractivity (Wildman–Crippen MR) is 83.8 cm³/mol. The maximum Gasteiger partial charge on any atom is 0.0329 e. The highest BCUT2D eigenvalue weighted by Gasteiger charge is 2.23. The Hall–Kier alpha value is 0.270. The molecule has 0 aromatic carbocycles. The van der Waals surface area contributed by atoms with E-state index in [1.54, 1.807) is 0 Å². The van der Waals surface area contributed by atoms with E-state index in [-0.39, 0.29) is 0 Å². The van der Waals surface area contributed by atoms with Crippen molar-refractivity contribution in [2.45, 2.75) is 88.8 Å². The lowest BCUT2D eigenvalue weighted by atomic mass is 10.0. The summed E-state index contributed by atoms with van der Waals surface area (Å²) in [5.41, 5.74) is 3.04. The number of hydrogen-bond acceptors (Lipinski definition) is 3. The van der Waals surface area contributed by atoms with Gasteiger partial charge in [0, 0.05) is 11.3 Å². The van der Waals surface area contributed by atoms with Crippen LogP contribution in [0, 0.1) is 0 Å². The van der Waals surface area contributed by atoms with Crippen LogP contribution in [0.1, 0.15) is 77.6 Å². The molecule has 1 saturated heterocycles. The molecular formula is C15H32N2S. The van der Waals surface area contributed by atoms with Gasteiger partial charge in [0.05, 0.1) is 0 Å². The van der Waals surface area contributed by atoms with Gasteiger partial charge in [-0.15, -0.1) is 0 Å². The fourth-order valence-corrected chi connectivity index (χ4v) is 4.21. The maximum absolute atomic E-state index is 5.69. The van der Waals surface area contributed by atoms with E-state index in [1.165, 1.54) is 76.4 Å². The third-order valence-electron chi connectivity index (χ3n) is 4.00. The topological polar surface area (TPSA) is 38.0 Å². The maximum atomic E-state index is 5.69. The molecule has 0 bridgehead atoms. The Balaban J connectivity index is 1.92. The van der Waals surface area contributed by atoms with Crippen LogP contribution in [-0.4, -0.2) is 17.0 Å². The molecule has 2 unspecified atom stereocenters. The minimum absolute atomic E-state index is 0.553. The average Bonchev–Trinajstić information content (AvgIpc) is 2.91. The first kappa shape index (κ1) is 16.3. The molecule has 2 atom stereocenters. The number of thioether (sulfide) groups is 1. The van der Waals surface area contributed by atoms with Crippen molar-refractivity contribution in [2.75, 3.05) is 5.75 Å². The van der Waals surface area contributed by atoms with E-state index in [0.717, 1.165) is 5.25 Å².